The van der Waals surface area contributed by atoms with Crippen LogP contribution in [0.5, 0.6) is 0 Å². The van der Waals surface area contributed by atoms with Crippen molar-refractivity contribution in [1.29, 1.82) is 0 Å². The molecule has 0 aliphatic carbocycles. The van der Waals surface area contributed by atoms with E-state index in [1.54, 1.807) is 12.1 Å². The molecule has 0 saturated carbocycles. The molecule has 5 nitrogen and oxygen atoms in total. The number of carbonyl (C=O) groups is 2. The minimum atomic E-state index is -1.06. The average Bonchev–Trinajstić information content (AvgIpc) is 2.41. The van der Waals surface area contributed by atoms with Gasteiger partial charge in [-0.15, -0.1) is 0 Å². The van der Waals surface area contributed by atoms with Crippen LogP contribution in [0.2, 0.25) is 0 Å². The van der Waals surface area contributed by atoms with Gasteiger partial charge in [-0.2, -0.15) is 0 Å². The molecule has 1 fully saturated rings. The van der Waals surface area contributed by atoms with Crippen molar-refractivity contribution < 1.29 is 14.7 Å². The number of piperidine rings is 1. The van der Waals surface area contributed by atoms with Gasteiger partial charge in [-0.25, -0.2) is 4.79 Å². The number of benzene rings is 1. The van der Waals surface area contributed by atoms with Crippen LogP contribution < -0.4 is 10.6 Å². The summed E-state index contributed by atoms with van der Waals surface area (Å²) in [5.41, 5.74) is 0.394. The number of anilines is 1. The molecule has 1 aliphatic rings. The lowest BCUT2D eigenvalue weighted by Gasteiger charge is -2.23. The second kappa shape index (κ2) is 6.16. The molecule has 1 amide bonds. The van der Waals surface area contributed by atoms with E-state index in [2.05, 4.69) is 26.6 Å². The molecule has 1 atom stereocenters. The highest BCUT2D eigenvalue weighted by Gasteiger charge is 2.23. The number of carboxylic acid groups (broad SMARTS) is 1. The number of hydrogen-bond acceptors (Lipinski definition) is 3. The average molecular weight is 327 g/mol. The second-order valence-electron chi connectivity index (χ2n) is 4.46. The minimum absolute atomic E-state index is 0.0820. The monoisotopic (exact) mass is 326 g/mol. The van der Waals surface area contributed by atoms with E-state index in [1.807, 2.05) is 0 Å². The number of nitrogens with one attached hydrogen (secondary N) is 2. The lowest BCUT2D eigenvalue weighted by atomic mass is 10.0. The van der Waals surface area contributed by atoms with Crippen molar-refractivity contribution in [1.82, 2.24) is 5.32 Å². The summed E-state index contributed by atoms with van der Waals surface area (Å²) < 4.78 is 0.566. The first-order valence-electron chi connectivity index (χ1n) is 6.15. The van der Waals surface area contributed by atoms with Crippen LogP contribution in [0.3, 0.4) is 0 Å². The summed E-state index contributed by atoms with van der Waals surface area (Å²) in [6, 6.07) is 4.55. The Morgan fingerprint density at radius 1 is 1.37 bits per heavy atom. The number of halogens is 1. The van der Waals surface area contributed by atoms with Crippen LogP contribution in [0.4, 0.5) is 5.69 Å². The Bertz CT molecular complexity index is 499. The van der Waals surface area contributed by atoms with Crippen LogP contribution in [-0.4, -0.2) is 29.6 Å². The topological polar surface area (TPSA) is 78.4 Å². The molecule has 0 radical (unpaired) electrons. The van der Waals surface area contributed by atoms with E-state index in [9.17, 15) is 9.59 Å². The summed E-state index contributed by atoms with van der Waals surface area (Å²) in [5, 5.41) is 15.0. The number of carboxylic acids is 1. The van der Waals surface area contributed by atoms with Crippen molar-refractivity contribution in [3.05, 3.63) is 28.2 Å². The molecule has 0 spiro atoms. The lowest BCUT2D eigenvalue weighted by molar-refractivity contribution is -0.118. The fourth-order valence-corrected chi connectivity index (χ4v) is 2.58. The van der Waals surface area contributed by atoms with Gasteiger partial charge in [-0.1, -0.05) is 12.5 Å². The number of amides is 1. The molecular formula is C13H15BrN2O3. The summed E-state index contributed by atoms with van der Waals surface area (Å²) in [4.78, 5) is 23.3. The zero-order valence-corrected chi connectivity index (χ0v) is 11.9. The van der Waals surface area contributed by atoms with Crippen LogP contribution in [0.25, 0.3) is 0 Å². The number of carbonyl (C=O) groups excluding carboxylic acids is 1. The van der Waals surface area contributed by atoms with Gasteiger partial charge in [0.1, 0.15) is 0 Å². The standard InChI is InChI=1S/C13H15BrN2O3/c14-9-5-3-4-8(13(18)19)11(9)16-12(17)10-6-1-2-7-15-10/h3-5,10,15H,1-2,6-7H2,(H,16,17)(H,18,19). The molecule has 1 aromatic carbocycles. The smallest absolute Gasteiger partial charge is 0.337 e. The summed E-state index contributed by atoms with van der Waals surface area (Å²) >= 11 is 3.27. The SMILES string of the molecule is O=C(O)c1cccc(Br)c1NC(=O)C1CCCCN1. The Morgan fingerprint density at radius 3 is 2.79 bits per heavy atom. The van der Waals surface area contributed by atoms with Gasteiger partial charge in [0, 0.05) is 4.47 Å². The van der Waals surface area contributed by atoms with Gasteiger partial charge >= 0.3 is 5.97 Å². The quantitative estimate of drug-likeness (QED) is 0.795. The Kier molecular flexibility index (Phi) is 4.55. The van der Waals surface area contributed by atoms with Gasteiger partial charge in [0.25, 0.3) is 0 Å². The maximum Gasteiger partial charge on any atom is 0.337 e. The summed E-state index contributed by atoms with van der Waals surface area (Å²) in [6.07, 6.45) is 2.85. The Morgan fingerprint density at radius 2 is 2.16 bits per heavy atom. The molecule has 1 saturated heterocycles. The Balaban J connectivity index is 2.18. The number of hydrogen-bond donors (Lipinski definition) is 3. The number of rotatable bonds is 3. The molecule has 1 heterocycles. The van der Waals surface area contributed by atoms with Crippen molar-refractivity contribution in [2.45, 2.75) is 25.3 Å². The predicted octanol–water partition coefficient (Wildman–Crippen LogP) is 2.23. The van der Waals surface area contributed by atoms with Gasteiger partial charge in [-0.3, -0.25) is 4.79 Å². The first kappa shape index (κ1) is 14.0. The molecule has 0 bridgehead atoms. The van der Waals surface area contributed by atoms with E-state index < -0.39 is 5.97 Å². The molecule has 102 valence electrons. The molecule has 0 aromatic heterocycles. The number of aromatic carboxylic acids is 1. The predicted molar refractivity (Wildman–Crippen MR) is 75.4 cm³/mol. The normalized spacial score (nSPS) is 18.9. The van der Waals surface area contributed by atoms with E-state index in [4.69, 9.17) is 5.11 Å². The van der Waals surface area contributed by atoms with Gasteiger partial charge < -0.3 is 15.7 Å². The van der Waals surface area contributed by atoms with E-state index >= 15 is 0 Å². The minimum Gasteiger partial charge on any atom is -0.478 e. The fourth-order valence-electron chi connectivity index (χ4n) is 2.12. The molecule has 19 heavy (non-hydrogen) atoms. The van der Waals surface area contributed by atoms with Crippen LogP contribution in [0.1, 0.15) is 29.6 Å². The maximum absolute atomic E-state index is 12.1. The van der Waals surface area contributed by atoms with Gasteiger partial charge in [-0.05, 0) is 47.4 Å². The van der Waals surface area contributed by atoms with E-state index in [1.165, 1.54) is 6.07 Å². The van der Waals surface area contributed by atoms with Crippen molar-refractivity contribution in [2.75, 3.05) is 11.9 Å². The molecular weight excluding hydrogens is 312 g/mol. The van der Waals surface area contributed by atoms with Crippen LogP contribution >= 0.6 is 15.9 Å². The zero-order chi connectivity index (χ0) is 13.8. The number of para-hydroxylation sites is 1. The van der Waals surface area contributed by atoms with Crippen molar-refractivity contribution in [2.24, 2.45) is 0 Å². The van der Waals surface area contributed by atoms with Crippen molar-refractivity contribution in [3.63, 3.8) is 0 Å². The lowest BCUT2D eigenvalue weighted by Crippen LogP contribution is -2.43. The Labute approximate surface area is 119 Å². The van der Waals surface area contributed by atoms with E-state index in [0.29, 0.717) is 10.2 Å². The third kappa shape index (κ3) is 3.33. The summed E-state index contributed by atoms with van der Waals surface area (Å²) in [6.45, 7) is 0.819. The zero-order valence-electron chi connectivity index (χ0n) is 10.3. The van der Waals surface area contributed by atoms with Gasteiger partial charge in [0.05, 0.1) is 17.3 Å². The highest BCUT2D eigenvalue weighted by molar-refractivity contribution is 9.10. The van der Waals surface area contributed by atoms with Gasteiger partial charge in [0.15, 0.2) is 0 Å². The van der Waals surface area contributed by atoms with E-state index in [-0.39, 0.29) is 17.5 Å². The van der Waals surface area contributed by atoms with Crippen molar-refractivity contribution in [3.8, 4) is 0 Å². The molecule has 1 aliphatic heterocycles. The molecule has 6 heteroatoms. The second-order valence-corrected chi connectivity index (χ2v) is 5.31. The molecule has 1 unspecified atom stereocenters. The largest absolute Gasteiger partial charge is 0.478 e. The third-order valence-electron chi connectivity index (χ3n) is 3.12. The maximum atomic E-state index is 12.1. The third-order valence-corrected chi connectivity index (χ3v) is 3.78. The fraction of sp³-hybridized carbons (Fsp3) is 0.385. The molecule has 1 aromatic rings. The van der Waals surface area contributed by atoms with Crippen LogP contribution in [-0.2, 0) is 4.79 Å². The highest BCUT2D eigenvalue weighted by Crippen LogP contribution is 2.27. The summed E-state index contributed by atoms with van der Waals surface area (Å²) in [7, 11) is 0. The van der Waals surface area contributed by atoms with Crippen LogP contribution in [0.15, 0.2) is 22.7 Å². The highest BCUT2D eigenvalue weighted by atomic mass is 79.9. The van der Waals surface area contributed by atoms with Crippen LogP contribution in [0, 0.1) is 0 Å². The summed E-state index contributed by atoms with van der Waals surface area (Å²) in [5.74, 6) is -1.25. The molecule has 2 rings (SSSR count). The van der Waals surface area contributed by atoms with E-state index in [0.717, 1.165) is 25.8 Å². The van der Waals surface area contributed by atoms with Crippen molar-refractivity contribution >= 4 is 33.5 Å². The molecule has 3 N–H and O–H groups in total. The Hall–Kier alpha value is -1.40. The first-order valence-corrected chi connectivity index (χ1v) is 6.95. The first-order chi connectivity index (χ1) is 9.09. The van der Waals surface area contributed by atoms with Gasteiger partial charge in [0.2, 0.25) is 5.91 Å².